The summed E-state index contributed by atoms with van der Waals surface area (Å²) in [5, 5.41) is 8.70. The Kier molecular flexibility index (Phi) is 4.95. The second-order valence-electron chi connectivity index (χ2n) is 5.07. The van der Waals surface area contributed by atoms with Gasteiger partial charge in [-0.2, -0.15) is 5.26 Å². The molecule has 0 aromatic heterocycles. The quantitative estimate of drug-likeness (QED) is 0.832. The maximum atomic E-state index is 12.7. The van der Waals surface area contributed by atoms with E-state index in [0.29, 0.717) is 5.02 Å². The first kappa shape index (κ1) is 15.6. The molecule has 6 heteroatoms. The second kappa shape index (κ2) is 6.34. The molecule has 3 nitrogen and oxygen atoms in total. The Morgan fingerprint density at radius 3 is 2.45 bits per heavy atom. The molecule has 2 rings (SSSR count). The fourth-order valence-corrected chi connectivity index (χ4v) is 5.20. The van der Waals surface area contributed by atoms with Gasteiger partial charge in [0.1, 0.15) is 0 Å². The lowest BCUT2D eigenvalue weighted by atomic mass is 9.87. The summed E-state index contributed by atoms with van der Waals surface area (Å²) in [6.07, 6.45) is 4.60. The molecule has 0 aliphatic heterocycles. The zero-order chi connectivity index (χ0) is 14.8. The highest BCUT2D eigenvalue weighted by molar-refractivity contribution is 7.92. The van der Waals surface area contributed by atoms with Crippen LogP contribution >= 0.6 is 23.2 Å². The van der Waals surface area contributed by atoms with E-state index in [1.165, 1.54) is 18.2 Å². The monoisotopic (exact) mass is 331 g/mol. The minimum Gasteiger partial charge on any atom is -0.222 e. The number of hydrogen-bond donors (Lipinski definition) is 0. The van der Waals surface area contributed by atoms with Crippen LogP contribution in [0.15, 0.2) is 23.1 Å². The zero-order valence-electron chi connectivity index (χ0n) is 10.9. The molecule has 0 N–H and O–H groups in total. The summed E-state index contributed by atoms with van der Waals surface area (Å²) >= 11 is 11.8. The third-order valence-electron chi connectivity index (χ3n) is 3.74. The SMILES string of the molecule is N#CC(C1CCCCC1)S(=O)(=O)c1cc(Cl)ccc1Cl. The van der Waals surface area contributed by atoms with Crippen molar-refractivity contribution in [3.05, 3.63) is 28.2 Å². The first-order valence-electron chi connectivity index (χ1n) is 6.55. The first-order valence-corrected chi connectivity index (χ1v) is 8.85. The lowest BCUT2D eigenvalue weighted by molar-refractivity contribution is 0.362. The van der Waals surface area contributed by atoms with Crippen molar-refractivity contribution < 1.29 is 8.42 Å². The highest BCUT2D eigenvalue weighted by Crippen LogP contribution is 2.35. The molecule has 0 amide bonds. The molecule has 1 aromatic rings. The van der Waals surface area contributed by atoms with Crippen LogP contribution in [0.3, 0.4) is 0 Å². The number of nitriles is 1. The topological polar surface area (TPSA) is 57.9 Å². The van der Waals surface area contributed by atoms with Crippen molar-refractivity contribution in [2.24, 2.45) is 5.92 Å². The molecule has 1 aliphatic rings. The average molecular weight is 332 g/mol. The summed E-state index contributed by atoms with van der Waals surface area (Å²) in [5.41, 5.74) is 0. The van der Waals surface area contributed by atoms with Crippen LogP contribution in [0.1, 0.15) is 32.1 Å². The van der Waals surface area contributed by atoms with Gasteiger partial charge in [0, 0.05) is 5.02 Å². The van der Waals surface area contributed by atoms with Gasteiger partial charge in [0.2, 0.25) is 0 Å². The molecule has 1 fully saturated rings. The number of sulfone groups is 1. The largest absolute Gasteiger partial charge is 0.222 e. The number of nitrogens with zero attached hydrogens (tertiary/aromatic N) is 1. The van der Waals surface area contributed by atoms with Crippen molar-refractivity contribution >= 4 is 33.0 Å². The standard InChI is InChI=1S/C14H15Cl2NO2S/c15-11-6-7-12(16)13(8-11)20(18,19)14(9-17)10-4-2-1-3-5-10/h6-8,10,14H,1-5H2. The van der Waals surface area contributed by atoms with Crippen LogP contribution in [-0.2, 0) is 9.84 Å². The Morgan fingerprint density at radius 2 is 1.85 bits per heavy atom. The third kappa shape index (κ3) is 3.11. The lowest BCUT2D eigenvalue weighted by Gasteiger charge is -2.25. The molecular weight excluding hydrogens is 317 g/mol. The predicted octanol–water partition coefficient (Wildman–Crippen LogP) is 4.24. The molecule has 0 saturated heterocycles. The van der Waals surface area contributed by atoms with Gasteiger partial charge in [-0.25, -0.2) is 8.42 Å². The summed E-state index contributed by atoms with van der Waals surface area (Å²) in [4.78, 5) is -0.0382. The summed E-state index contributed by atoms with van der Waals surface area (Å²) in [6, 6.07) is 6.28. The van der Waals surface area contributed by atoms with Gasteiger partial charge in [0.05, 0.1) is 16.0 Å². The van der Waals surface area contributed by atoms with Gasteiger partial charge in [-0.05, 0) is 37.0 Å². The molecule has 108 valence electrons. The van der Waals surface area contributed by atoms with Crippen molar-refractivity contribution in [3.63, 3.8) is 0 Å². The molecule has 0 spiro atoms. The van der Waals surface area contributed by atoms with E-state index in [2.05, 4.69) is 0 Å². The van der Waals surface area contributed by atoms with E-state index in [1.54, 1.807) is 0 Å². The summed E-state index contributed by atoms with van der Waals surface area (Å²) < 4.78 is 25.3. The number of hydrogen-bond acceptors (Lipinski definition) is 3. The van der Waals surface area contributed by atoms with Crippen LogP contribution < -0.4 is 0 Å². The average Bonchev–Trinajstić information content (AvgIpc) is 2.43. The van der Waals surface area contributed by atoms with Crippen LogP contribution in [0.25, 0.3) is 0 Å². The fraction of sp³-hybridized carbons (Fsp3) is 0.500. The van der Waals surface area contributed by atoms with E-state index in [1.807, 2.05) is 6.07 Å². The normalized spacial score (nSPS) is 18.4. The maximum absolute atomic E-state index is 12.7. The molecule has 1 aliphatic carbocycles. The van der Waals surface area contributed by atoms with Crippen LogP contribution in [0, 0.1) is 17.2 Å². The molecule has 20 heavy (non-hydrogen) atoms. The van der Waals surface area contributed by atoms with E-state index < -0.39 is 15.1 Å². The summed E-state index contributed by atoms with van der Waals surface area (Å²) in [5.74, 6) is -0.117. The van der Waals surface area contributed by atoms with Gasteiger partial charge in [0.25, 0.3) is 0 Å². The molecule has 1 saturated carbocycles. The Balaban J connectivity index is 2.41. The summed E-state index contributed by atoms with van der Waals surface area (Å²) in [7, 11) is -3.78. The maximum Gasteiger partial charge on any atom is 0.196 e. The first-order chi connectivity index (χ1) is 9.46. The minimum atomic E-state index is -3.78. The van der Waals surface area contributed by atoms with E-state index in [-0.39, 0.29) is 15.8 Å². The molecule has 1 atom stereocenters. The number of halogens is 2. The van der Waals surface area contributed by atoms with Crippen LogP contribution in [0.2, 0.25) is 10.0 Å². The molecule has 0 radical (unpaired) electrons. The van der Waals surface area contributed by atoms with Crippen molar-refractivity contribution in [1.29, 1.82) is 5.26 Å². The van der Waals surface area contributed by atoms with E-state index >= 15 is 0 Å². The molecular formula is C14H15Cl2NO2S. The Morgan fingerprint density at radius 1 is 1.20 bits per heavy atom. The smallest absolute Gasteiger partial charge is 0.196 e. The number of benzene rings is 1. The number of rotatable bonds is 3. The van der Waals surface area contributed by atoms with E-state index in [9.17, 15) is 13.7 Å². The van der Waals surface area contributed by atoms with Crippen LogP contribution in [-0.4, -0.2) is 13.7 Å². The van der Waals surface area contributed by atoms with Crippen molar-refractivity contribution in [3.8, 4) is 6.07 Å². The molecule has 0 bridgehead atoms. The summed E-state index contributed by atoms with van der Waals surface area (Å²) in [6.45, 7) is 0. The van der Waals surface area contributed by atoms with E-state index in [0.717, 1.165) is 32.1 Å². The van der Waals surface area contributed by atoms with Crippen LogP contribution in [0.4, 0.5) is 0 Å². The Hall–Kier alpha value is -0.760. The van der Waals surface area contributed by atoms with Crippen molar-refractivity contribution in [2.75, 3.05) is 0 Å². The van der Waals surface area contributed by atoms with Crippen molar-refractivity contribution in [2.45, 2.75) is 42.2 Å². The van der Waals surface area contributed by atoms with Gasteiger partial charge in [-0.3, -0.25) is 0 Å². The molecule has 1 unspecified atom stereocenters. The van der Waals surface area contributed by atoms with Gasteiger partial charge < -0.3 is 0 Å². The van der Waals surface area contributed by atoms with Crippen LogP contribution in [0.5, 0.6) is 0 Å². The highest BCUT2D eigenvalue weighted by Gasteiger charge is 2.36. The van der Waals surface area contributed by atoms with Gasteiger partial charge in [-0.1, -0.05) is 42.5 Å². The predicted molar refractivity (Wildman–Crippen MR) is 79.6 cm³/mol. The third-order valence-corrected chi connectivity index (χ3v) is 6.53. The minimum absolute atomic E-state index is 0.0382. The zero-order valence-corrected chi connectivity index (χ0v) is 13.2. The second-order valence-corrected chi connectivity index (χ2v) is 7.95. The fourth-order valence-electron chi connectivity index (χ4n) is 2.70. The van der Waals surface area contributed by atoms with E-state index in [4.69, 9.17) is 23.2 Å². The van der Waals surface area contributed by atoms with Gasteiger partial charge in [-0.15, -0.1) is 0 Å². The molecule has 0 heterocycles. The Labute approximate surface area is 129 Å². The Bertz CT molecular complexity index is 631. The van der Waals surface area contributed by atoms with Gasteiger partial charge in [0.15, 0.2) is 15.1 Å². The highest BCUT2D eigenvalue weighted by atomic mass is 35.5. The van der Waals surface area contributed by atoms with Gasteiger partial charge >= 0.3 is 0 Å². The van der Waals surface area contributed by atoms with Crippen molar-refractivity contribution in [1.82, 2.24) is 0 Å². The lowest BCUT2D eigenvalue weighted by Crippen LogP contribution is -2.30. The molecule has 1 aromatic carbocycles.